The molecule has 0 aromatic carbocycles. The van der Waals surface area contributed by atoms with Crippen LogP contribution in [0.25, 0.3) is 0 Å². The Balaban J connectivity index is 3.82. The third-order valence-corrected chi connectivity index (χ3v) is 1.31. The van der Waals surface area contributed by atoms with Crippen LogP contribution in [0.1, 0.15) is 20.8 Å². The predicted molar refractivity (Wildman–Crippen MR) is 40.2 cm³/mol. The first-order chi connectivity index (χ1) is 3.48. The summed E-state index contributed by atoms with van der Waals surface area (Å²) in [6.07, 6.45) is 0. The highest BCUT2D eigenvalue weighted by atomic mass is 14.1. The van der Waals surface area contributed by atoms with Crippen molar-refractivity contribution >= 4 is 7.28 Å². The molecule has 0 saturated carbocycles. The zero-order chi connectivity index (χ0) is 6.78. The molecule has 0 saturated heterocycles. The number of rotatable bonds is 1. The Morgan fingerprint density at radius 1 is 1.38 bits per heavy atom. The molecule has 0 N–H and O–H groups in total. The van der Waals surface area contributed by atoms with E-state index in [1.807, 2.05) is 6.82 Å². The second kappa shape index (κ2) is 2.39. The lowest BCUT2D eigenvalue weighted by molar-refractivity contribution is 0.531. The molecule has 0 bridgehead atoms. The van der Waals surface area contributed by atoms with E-state index in [-0.39, 0.29) is 5.41 Å². The fourth-order valence-electron chi connectivity index (χ4n) is 0.433. The molecule has 45 valence electrons. The standard InChI is InChI=1S/C7H14B/c1-6(8-5)7(2,3)4/h1H2,2-5H3. The second-order valence-electron chi connectivity index (χ2n) is 3.06. The topological polar surface area (TPSA) is 0 Å². The summed E-state index contributed by atoms with van der Waals surface area (Å²) in [5, 5.41) is 0. The zero-order valence-corrected chi connectivity index (χ0v) is 6.28. The molecule has 0 aromatic rings. The van der Waals surface area contributed by atoms with Crippen molar-refractivity contribution in [2.24, 2.45) is 5.41 Å². The number of allylic oxidation sites excluding steroid dienone is 1. The Morgan fingerprint density at radius 2 is 1.75 bits per heavy atom. The second-order valence-corrected chi connectivity index (χ2v) is 3.06. The van der Waals surface area contributed by atoms with Crippen LogP contribution in [0.2, 0.25) is 6.82 Å². The fraction of sp³-hybridized carbons (Fsp3) is 0.714. The minimum absolute atomic E-state index is 0.259. The molecule has 8 heavy (non-hydrogen) atoms. The molecule has 0 spiro atoms. The van der Waals surface area contributed by atoms with Crippen LogP contribution in [-0.2, 0) is 0 Å². The van der Waals surface area contributed by atoms with Gasteiger partial charge in [0.05, 0.1) is 0 Å². The average Bonchev–Trinajstić information content (AvgIpc) is 1.62. The first-order valence-corrected chi connectivity index (χ1v) is 2.97. The van der Waals surface area contributed by atoms with E-state index in [4.69, 9.17) is 0 Å². The van der Waals surface area contributed by atoms with Gasteiger partial charge in [0.25, 0.3) is 0 Å². The monoisotopic (exact) mass is 109 g/mol. The van der Waals surface area contributed by atoms with Crippen LogP contribution in [0, 0.1) is 5.41 Å². The molecule has 0 atom stereocenters. The Morgan fingerprint density at radius 3 is 1.75 bits per heavy atom. The maximum Gasteiger partial charge on any atom is 0.142 e. The van der Waals surface area contributed by atoms with Gasteiger partial charge < -0.3 is 0 Å². The van der Waals surface area contributed by atoms with E-state index in [0.29, 0.717) is 0 Å². The van der Waals surface area contributed by atoms with Gasteiger partial charge in [-0.1, -0.05) is 27.6 Å². The molecule has 1 heteroatoms. The van der Waals surface area contributed by atoms with Crippen molar-refractivity contribution in [3.63, 3.8) is 0 Å². The molecule has 0 rings (SSSR count). The van der Waals surface area contributed by atoms with E-state index < -0.39 is 0 Å². The van der Waals surface area contributed by atoms with E-state index in [0.717, 1.165) is 0 Å². The quantitative estimate of drug-likeness (QED) is 0.453. The molecule has 0 unspecified atom stereocenters. The lowest BCUT2D eigenvalue weighted by Gasteiger charge is -2.19. The van der Waals surface area contributed by atoms with E-state index in [9.17, 15) is 0 Å². The number of hydrogen-bond acceptors (Lipinski definition) is 0. The Kier molecular flexibility index (Phi) is 2.33. The van der Waals surface area contributed by atoms with Crippen molar-refractivity contribution in [2.45, 2.75) is 27.6 Å². The van der Waals surface area contributed by atoms with Crippen LogP contribution in [0.5, 0.6) is 0 Å². The highest BCUT2D eigenvalue weighted by Crippen LogP contribution is 2.21. The summed E-state index contributed by atoms with van der Waals surface area (Å²) in [7, 11) is 2.06. The van der Waals surface area contributed by atoms with Crippen molar-refractivity contribution in [1.82, 2.24) is 0 Å². The first kappa shape index (κ1) is 7.80. The third kappa shape index (κ3) is 2.20. The van der Waals surface area contributed by atoms with E-state index >= 15 is 0 Å². The Hall–Kier alpha value is -0.195. The van der Waals surface area contributed by atoms with Gasteiger partial charge in [0, 0.05) is 0 Å². The summed E-state index contributed by atoms with van der Waals surface area (Å²) >= 11 is 0. The molecule has 0 aromatic heterocycles. The minimum Gasteiger partial charge on any atom is -0.111 e. The van der Waals surface area contributed by atoms with E-state index in [1.165, 1.54) is 5.47 Å². The SMILES string of the molecule is C=C([B]C)C(C)(C)C. The molecule has 0 heterocycles. The lowest BCUT2D eigenvalue weighted by Crippen LogP contribution is -2.11. The number of hydrogen-bond donors (Lipinski definition) is 0. The molecule has 0 amide bonds. The summed E-state index contributed by atoms with van der Waals surface area (Å²) in [6, 6.07) is 0. The van der Waals surface area contributed by atoms with Gasteiger partial charge >= 0.3 is 0 Å². The molecular weight excluding hydrogens is 94.9 g/mol. The third-order valence-electron chi connectivity index (χ3n) is 1.31. The van der Waals surface area contributed by atoms with E-state index in [1.54, 1.807) is 0 Å². The van der Waals surface area contributed by atoms with Crippen molar-refractivity contribution in [1.29, 1.82) is 0 Å². The van der Waals surface area contributed by atoms with Gasteiger partial charge in [0.2, 0.25) is 0 Å². The molecule has 0 nitrogen and oxygen atoms in total. The van der Waals surface area contributed by atoms with Crippen molar-refractivity contribution in [3.05, 3.63) is 12.1 Å². The predicted octanol–water partition coefficient (Wildman–Crippen LogP) is 2.30. The van der Waals surface area contributed by atoms with E-state index in [2.05, 4.69) is 34.6 Å². The Labute approximate surface area is 53.2 Å². The molecule has 0 aliphatic rings. The smallest absolute Gasteiger partial charge is 0.111 e. The van der Waals surface area contributed by atoms with Gasteiger partial charge in [0.15, 0.2) is 0 Å². The summed E-state index contributed by atoms with van der Waals surface area (Å²) in [4.78, 5) is 0. The molecule has 0 aliphatic heterocycles. The Bertz CT molecular complexity index is 87.1. The molecule has 0 fully saturated rings. The van der Waals surface area contributed by atoms with Crippen molar-refractivity contribution in [3.8, 4) is 0 Å². The average molecular weight is 109 g/mol. The van der Waals surface area contributed by atoms with Gasteiger partial charge in [-0.05, 0) is 5.41 Å². The van der Waals surface area contributed by atoms with Crippen LogP contribution in [0.4, 0.5) is 0 Å². The summed E-state index contributed by atoms with van der Waals surface area (Å²) in [6.45, 7) is 12.4. The minimum atomic E-state index is 0.259. The molecule has 1 radical (unpaired) electrons. The maximum atomic E-state index is 3.89. The molecule has 0 aliphatic carbocycles. The van der Waals surface area contributed by atoms with Gasteiger partial charge in [-0.3, -0.25) is 0 Å². The highest BCUT2D eigenvalue weighted by molar-refractivity contribution is 6.43. The van der Waals surface area contributed by atoms with Crippen LogP contribution >= 0.6 is 0 Å². The van der Waals surface area contributed by atoms with Crippen LogP contribution in [0.15, 0.2) is 12.1 Å². The first-order valence-electron chi connectivity index (χ1n) is 2.97. The molecular formula is C7H14B. The maximum absolute atomic E-state index is 3.89. The van der Waals surface area contributed by atoms with Gasteiger partial charge in [0.1, 0.15) is 7.28 Å². The summed E-state index contributed by atoms with van der Waals surface area (Å²) < 4.78 is 0. The van der Waals surface area contributed by atoms with Gasteiger partial charge in [-0.25, -0.2) is 0 Å². The van der Waals surface area contributed by atoms with Gasteiger partial charge in [-0.2, -0.15) is 0 Å². The van der Waals surface area contributed by atoms with Crippen LogP contribution in [-0.4, -0.2) is 7.28 Å². The highest BCUT2D eigenvalue weighted by Gasteiger charge is 2.11. The summed E-state index contributed by atoms with van der Waals surface area (Å²) in [5.74, 6) is 0. The van der Waals surface area contributed by atoms with Crippen LogP contribution in [0.3, 0.4) is 0 Å². The fourth-order valence-corrected chi connectivity index (χ4v) is 0.433. The van der Waals surface area contributed by atoms with Gasteiger partial charge in [-0.15, -0.1) is 12.1 Å². The lowest BCUT2D eigenvalue weighted by atomic mass is 9.62. The van der Waals surface area contributed by atoms with Crippen LogP contribution < -0.4 is 0 Å². The largest absolute Gasteiger partial charge is 0.142 e. The van der Waals surface area contributed by atoms with Crippen molar-refractivity contribution < 1.29 is 0 Å². The summed E-state index contributed by atoms with van der Waals surface area (Å²) in [5.41, 5.74) is 1.46. The normalized spacial score (nSPS) is 11.0. The van der Waals surface area contributed by atoms with Crippen molar-refractivity contribution in [2.75, 3.05) is 0 Å². The zero-order valence-electron chi connectivity index (χ0n) is 6.28.